The molecular weight excluding hydrogens is 232 g/mol. The maximum Gasteiger partial charge on any atom is 0.119 e. The van der Waals surface area contributed by atoms with E-state index in [0.29, 0.717) is 18.4 Å². The van der Waals surface area contributed by atoms with Gasteiger partial charge in [-0.05, 0) is 61.6 Å². The SMILES string of the molecule is C=CCOc1ccc(C2CC[CH]C(CC=C)C2)cc1. The van der Waals surface area contributed by atoms with Crippen LogP contribution in [0.2, 0.25) is 0 Å². The summed E-state index contributed by atoms with van der Waals surface area (Å²) in [5, 5.41) is 0. The molecule has 101 valence electrons. The minimum atomic E-state index is 0.569. The molecule has 1 aliphatic rings. The molecule has 0 spiro atoms. The van der Waals surface area contributed by atoms with Gasteiger partial charge in [0.25, 0.3) is 0 Å². The molecule has 0 N–H and O–H groups in total. The molecule has 0 amide bonds. The van der Waals surface area contributed by atoms with Crippen molar-refractivity contribution in [3.63, 3.8) is 0 Å². The first-order valence-corrected chi connectivity index (χ1v) is 7.11. The van der Waals surface area contributed by atoms with Crippen LogP contribution in [0.25, 0.3) is 0 Å². The third kappa shape index (κ3) is 3.99. The summed E-state index contributed by atoms with van der Waals surface area (Å²) in [6.07, 6.45) is 11.1. The third-order valence-corrected chi connectivity index (χ3v) is 3.79. The van der Waals surface area contributed by atoms with Crippen LogP contribution in [0, 0.1) is 12.3 Å². The minimum absolute atomic E-state index is 0.569. The molecule has 1 aromatic carbocycles. The van der Waals surface area contributed by atoms with E-state index >= 15 is 0 Å². The van der Waals surface area contributed by atoms with E-state index in [2.05, 4.69) is 43.8 Å². The lowest BCUT2D eigenvalue weighted by molar-refractivity contribution is 0.362. The largest absolute Gasteiger partial charge is 0.490 e. The number of ether oxygens (including phenoxy) is 1. The molecule has 19 heavy (non-hydrogen) atoms. The molecule has 1 fully saturated rings. The van der Waals surface area contributed by atoms with E-state index in [1.165, 1.54) is 24.8 Å². The van der Waals surface area contributed by atoms with Gasteiger partial charge in [0.15, 0.2) is 0 Å². The summed E-state index contributed by atoms with van der Waals surface area (Å²) >= 11 is 0. The molecule has 2 atom stereocenters. The quantitative estimate of drug-likeness (QED) is 0.656. The standard InChI is InChI=1S/C18H23O/c1-3-6-15-7-5-8-17(14-15)16-9-11-18(12-10-16)19-13-4-2/h3-4,7,9-12,15,17H,1-2,5-6,8,13-14H2. The van der Waals surface area contributed by atoms with Crippen molar-refractivity contribution >= 4 is 0 Å². The first-order valence-electron chi connectivity index (χ1n) is 7.11. The van der Waals surface area contributed by atoms with Gasteiger partial charge in [0.2, 0.25) is 0 Å². The van der Waals surface area contributed by atoms with E-state index in [4.69, 9.17) is 4.74 Å². The fourth-order valence-electron chi connectivity index (χ4n) is 2.81. The Balaban J connectivity index is 1.96. The molecule has 1 radical (unpaired) electrons. The number of rotatable bonds is 6. The van der Waals surface area contributed by atoms with E-state index in [9.17, 15) is 0 Å². The Hall–Kier alpha value is -1.50. The normalized spacial score (nSPS) is 22.7. The lowest BCUT2D eigenvalue weighted by atomic mass is 9.77. The molecule has 1 saturated carbocycles. The predicted molar refractivity (Wildman–Crippen MR) is 81.3 cm³/mol. The third-order valence-electron chi connectivity index (χ3n) is 3.79. The Morgan fingerprint density at radius 3 is 2.63 bits per heavy atom. The zero-order valence-corrected chi connectivity index (χ0v) is 11.6. The number of allylic oxidation sites excluding steroid dienone is 1. The van der Waals surface area contributed by atoms with Crippen molar-refractivity contribution in [1.29, 1.82) is 0 Å². The van der Waals surface area contributed by atoms with E-state index in [1.807, 2.05) is 6.08 Å². The fourth-order valence-corrected chi connectivity index (χ4v) is 2.81. The van der Waals surface area contributed by atoms with Crippen molar-refractivity contribution < 1.29 is 4.74 Å². The highest BCUT2D eigenvalue weighted by atomic mass is 16.5. The fraction of sp³-hybridized carbons (Fsp3) is 0.389. The van der Waals surface area contributed by atoms with Crippen LogP contribution in [0.1, 0.15) is 37.2 Å². The second-order valence-corrected chi connectivity index (χ2v) is 5.20. The van der Waals surface area contributed by atoms with Crippen LogP contribution in [-0.4, -0.2) is 6.61 Å². The first kappa shape index (κ1) is 13.9. The van der Waals surface area contributed by atoms with Gasteiger partial charge in [-0.1, -0.05) is 30.9 Å². The van der Waals surface area contributed by atoms with Crippen LogP contribution in [0.4, 0.5) is 0 Å². The summed E-state index contributed by atoms with van der Waals surface area (Å²) in [6.45, 7) is 8.07. The van der Waals surface area contributed by atoms with Gasteiger partial charge in [-0.2, -0.15) is 0 Å². The van der Waals surface area contributed by atoms with Gasteiger partial charge in [0.1, 0.15) is 12.4 Å². The van der Waals surface area contributed by atoms with Crippen LogP contribution in [0.3, 0.4) is 0 Å². The predicted octanol–water partition coefficient (Wildman–Crippen LogP) is 4.92. The minimum Gasteiger partial charge on any atom is -0.490 e. The number of benzene rings is 1. The van der Waals surface area contributed by atoms with Gasteiger partial charge in [-0.25, -0.2) is 0 Å². The monoisotopic (exact) mass is 255 g/mol. The molecule has 2 unspecified atom stereocenters. The molecule has 0 heterocycles. The topological polar surface area (TPSA) is 9.23 Å². The first-order chi connectivity index (χ1) is 9.33. The molecule has 1 heteroatoms. The maximum atomic E-state index is 5.52. The van der Waals surface area contributed by atoms with Crippen molar-refractivity contribution in [1.82, 2.24) is 0 Å². The molecule has 0 bridgehead atoms. The highest BCUT2D eigenvalue weighted by molar-refractivity contribution is 5.30. The summed E-state index contributed by atoms with van der Waals surface area (Å²) in [5.74, 6) is 2.31. The lowest BCUT2D eigenvalue weighted by Crippen LogP contribution is -2.14. The van der Waals surface area contributed by atoms with Gasteiger partial charge in [0, 0.05) is 0 Å². The zero-order chi connectivity index (χ0) is 13.5. The molecule has 1 aromatic rings. The summed E-state index contributed by atoms with van der Waals surface area (Å²) in [7, 11) is 0. The lowest BCUT2D eigenvalue weighted by Gasteiger charge is -2.28. The molecule has 0 aliphatic heterocycles. The van der Waals surface area contributed by atoms with Gasteiger partial charge in [-0.3, -0.25) is 0 Å². The summed E-state index contributed by atoms with van der Waals surface area (Å²) < 4.78 is 5.52. The highest BCUT2D eigenvalue weighted by Crippen LogP contribution is 2.37. The van der Waals surface area contributed by atoms with E-state index in [-0.39, 0.29) is 0 Å². The van der Waals surface area contributed by atoms with Crippen LogP contribution in [-0.2, 0) is 0 Å². The average Bonchev–Trinajstić information content (AvgIpc) is 2.46. The summed E-state index contributed by atoms with van der Waals surface area (Å²) in [5.41, 5.74) is 1.44. The Kier molecular flexibility index (Phi) is 5.26. The summed E-state index contributed by atoms with van der Waals surface area (Å²) in [4.78, 5) is 0. The molecule has 1 aliphatic carbocycles. The van der Waals surface area contributed by atoms with Gasteiger partial charge < -0.3 is 4.74 Å². The van der Waals surface area contributed by atoms with Crippen molar-refractivity contribution in [2.75, 3.05) is 6.61 Å². The number of hydrogen-bond acceptors (Lipinski definition) is 1. The summed E-state index contributed by atoms with van der Waals surface area (Å²) in [6, 6.07) is 8.55. The second kappa shape index (κ2) is 7.18. The van der Waals surface area contributed by atoms with Crippen molar-refractivity contribution in [3.8, 4) is 5.75 Å². The Labute approximate surface area is 117 Å². The Bertz CT molecular complexity index is 404. The van der Waals surface area contributed by atoms with Gasteiger partial charge >= 0.3 is 0 Å². The van der Waals surface area contributed by atoms with Crippen LogP contribution >= 0.6 is 0 Å². The molecule has 1 nitrogen and oxygen atoms in total. The Morgan fingerprint density at radius 1 is 1.16 bits per heavy atom. The van der Waals surface area contributed by atoms with Gasteiger partial charge in [-0.15, -0.1) is 6.58 Å². The maximum absolute atomic E-state index is 5.52. The zero-order valence-electron chi connectivity index (χ0n) is 11.6. The molecular formula is C18H23O. The molecule has 0 aromatic heterocycles. The smallest absolute Gasteiger partial charge is 0.119 e. The van der Waals surface area contributed by atoms with Crippen LogP contribution in [0.5, 0.6) is 5.75 Å². The van der Waals surface area contributed by atoms with E-state index in [1.54, 1.807) is 6.08 Å². The van der Waals surface area contributed by atoms with E-state index in [0.717, 1.165) is 12.2 Å². The molecule has 0 saturated heterocycles. The highest BCUT2D eigenvalue weighted by Gasteiger charge is 2.22. The second-order valence-electron chi connectivity index (χ2n) is 5.20. The van der Waals surface area contributed by atoms with Crippen molar-refractivity contribution in [2.24, 2.45) is 5.92 Å². The van der Waals surface area contributed by atoms with E-state index < -0.39 is 0 Å². The number of hydrogen-bond donors (Lipinski definition) is 0. The van der Waals surface area contributed by atoms with Crippen molar-refractivity contribution in [3.05, 3.63) is 61.6 Å². The Morgan fingerprint density at radius 2 is 1.95 bits per heavy atom. The average molecular weight is 255 g/mol. The molecule has 2 rings (SSSR count). The van der Waals surface area contributed by atoms with Crippen molar-refractivity contribution in [2.45, 2.75) is 31.6 Å². The van der Waals surface area contributed by atoms with Gasteiger partial charge in [0.05, 0.1) is 0 Å². The van der Waals surface area contributed by atoms with Crippen LogP contribution < -0.4 is 4.74 Å². The van der Waals surface area contributed by atoms with Crippen LogP contribution in [0.15, 0.2) is 49.6 Å².